The molecule has 0 saturated carbocycles. The predicted molar refractivity (Wildman–Crippen MR) is 77.0 cm³/mol. The van der Waals surface area contributed by atoms with Crippen molar-refractivity contribution in [1.29, 1.82) is 0 Å². The normalized spacial score (nSPS) is 13.1. The molecule has 1 rings (SSSR count). The van der Waals surface area contributed by atoms with Crippen molar-refractivity contribution in [2.45, 2.75) is 20.8 Å². The van der Waals surface area contributed by atoms with Crippen LogP contribution < -0.4 is 5.73 Å². The lowest BCUT2D eigenvalue weighted by atomic mass is 10.1. The fourth-order valence-corrected chi connectivity index (χ4v) is 1.88. The van der Waals surface area contributed by atoms with Crippen LogP contribution in [-0.4, -0.2) is 40.0 Å². The SMILES string of the molecule is CCN(CC(C)C(N)=NO)C(=O)c1cccc(C)c1O. The molecule has 4 N–H and O–H groups in total. The van der Waals surface area contributed by atoms with Gasteiger partial charge in [-0.1, -0.05) is 24.2 Å². The Balaban J connectivity index is 2.95. The summed E-state index contributed by atoms with van der Waals surface area (Å²) in [6, 6.07) is 5.05. The van der Waals surface area contributed by atoms with Gasteiger partial charge in [-0.05, 0) is 25.5 Å². The first kappa shape index (κ1) is 15.8. The lowest BCUT2D eigenvalue weighted by molar-refractivity contribution is 0.0750. The molecule has 0 aliphatic rings. The number of phenolic OH excluding ortho intramolecular Hbond substituents is 1. The number of aromatic hydroxyl groups is 1. The highest BCUT2D eigenvalue weighted by molar-refractivity contribution is 5.97. The Kier molecular flexibility index (Phi) is 5.37. The molecule has 6 nitrogen and oxygen atoms in total. The number of amidine groups is 1. The summed E-state index contributed by atoms with van der Waals surface area (Å²) in [7, 11) is 0. The number of rotatable bonds is 5. The monoisotopic (exact) mass is 279 g/mol. The number of benzene rings is 1. The molecule has 0 aliphatic carbocycles. The molecule has 20 heavy (non-hydrogen) atoms. The summed E-state index contributed by atoms with van der Waals surface area (Å²) in [6.07, 6.45) is 0. The van der Waals surface area contributed by atoms with E-state index in [2.05, 4.69) is 5.16 Å². The van der Waals surface area contributed by atoms with Crippen molar-refractivity contribution < 1.29 is 15.1 Å². The number of oxime groups is 1. The van der Waals surface area contributed by atoms with Gasteiger partial charge in [0.1, 0.15) is 11.6 Å². The van der Waals surface area contributed by atoms with Gasteiger partial charge in [0.05, 0.1) is 5.56 Å². The zero-order valence-electron chi connectivity index (χ0n) is 12.0. The van der Waals surface area contributed by atoms with Gasteiger partial charge in [-0.15, -0.1) is 0 Å². The molecule has 0 radical (unpaired) electrons. The second kappa shape index (κ2) is 6.79. The van der Waals surface area contributed by atoms with Crippen molar-refractivity contribution in [2.24, 2.45) is 16.8 Å². The summed E-state index contributed by atoms with van der Waals surface area (Å²) in [5.41, 5.74) is 6.44. The number of aryl methyl sites for hydroxylation is 1. The van der Waals surface area contributed by atoms with E-state index in [-0.39, 0.29) is 29.0 Å². The Morgan fingerprint density at radius 2 is 2.15 bits per heavy atom. The lowest BCUT2D eigenvalue weighted by Gasteiger charge is -2.24. The fraction of sp³-hybridized carbons (Fsp3) is 0.429. The van der Waals surface area contributed by atoms with Gasteiger partial charge in [-0.3, -0.25) is 4.79 Å². The van der Waals surface area contributed by atoms with Crippen LogP contribution in [0.25, 0.3) is 0 Å². The Labute approximate surface area is 118 Å². The zero-order valence-corrected chi connectivity index (χ0v) is 12.0. The smallest absolute Gasteiger partial charge is 0.257 e. The highest BCUT2D eigenvalue weighted by Gasteiger charge is 2.21. The Morgan fingerprint density at radius 1 is 1.50 bits per heavy atom. The minimum Gasteiger partial charge on any atom is -0.507 e. The highest BCUT2D eigenvalue weighted by atomic mass is 16.4. The van der Waals surface area contributed by atoms with Gasteiger partial charge < -0.3 is 20.9 Å². The fourth-order valence-electron chi connectivity index (χ4n) is 1.88. The molecule has 0 bridgehead atoms. The van der Waals surface area contributed by atoms with Crippen molar-refractivity contribution in [2.75, 3.05) is 13.1 Å². The lowest BCUT2D eigenvalue weighted by Crippen LogP contribution is -2.38. The molecular weight excluding hydrogens is 258 g/mol. The predicted octanol–water partition coefficient (Wildman–Crippen LogP) is 1.55. The maximum absolute atomic E-state index is 12.4. The van der Waals surface area contributed by atoms with Crippen molar-refractivity contribution in [1.82, 2.24) is 4.90 Å². The molecule has 0 fully saturated rings. The van der Waals surface area contributed by atoms with E-state index in [1.54, 1.807) is 36.9 Å². The van der Waals surface area contributed by atoms with Crippen LogP contribution in [0.3, 0.4) is 0 Å². The standard InChI is InChI=1S/C14H21N3O3/c1-4-17(8-10(3)13(15)16-20)14(19)11-7-5-6-9(2)12(11)18/h5-7,10,18,20H,4,8H2,1-3H3,(H2,15,16). The number of amides is 1. The van der Waals surface area contributed by atoms with Crippen molar-refractivity contribution in [3.05, 3.63) is 29.3 Å². The number of hydrogen-bond acceptors (Lipinski definition) is 4. The summed E-state index contributed by atoms with van der Waals surface area (Å²) < 4.78 is 0. The molecule has 0 spiro atoms. The number of carbonyl (C=O) groups is 1. The van der Waals surface area contributed by atoms with Gasteiger partial charge in [0.15, 0.2) is 0 Å². The topological polar surface area (TPSA) is 99.1 Å². The van der Waals surface area contributed by atoms with Crippen molar-refractivity contribution >= 4 is 11.7 Å². The molecule has 6 heteroatoms. The van der Waals surface area contributed by atoms with Crippen LogP contribution in [-0.2, 0) is 0 Å². The van der Waals surface area contributed by atoms with E-state index < -0.39 is 0 Å². The molecule has 0 heterocycles. The summed E-state index contributed by atoms with van der Waals surface area (Å²) >= 11 is 0. The summed E-state index contributed by atoms with van der Waals surface area (Å²) in [4.78, 5) is 14.0. The van der Waals surface area contributed by atoms with Crippen LogP contribution in [0, 0.1) is 12.8 Å². The van der Waals surface area contributed by atoms with E-state index >= 15 is 0 Å². The second-order valence-electron chi connectivity index (χ2n) is 4.74. The van der Waals surface area contributed by atoms with Crippen LogP contribution >= 0.6 is 0 Å². The van der Waals surface area contributed by atoms with E-state index in [0.717, 1.165) is 0 Å². The molecule has 1 aromatic carbocycles. The number of nitrogens with zero attached hydrogens (tertiary/aromatic N) is 2. The van der Waals surface area contributed by atoms with Gasteiger partial charge in [-0.2, -0.15) is 0 Å². The molecule has 110 valence electrons. The van der Waals surface area contributed by atoms with Crippen molar-refractivity contribution in [3.63, 3.8) is 0 Å². The van der Waals surface area contributed by atoms with Crippen LogP contribution in [0.1, 0.15) is 29.8 Å². The van der Waals surface area contributed by atoms with Gasteiger partial charge in [-0.25, -0.2) is 0 Å². The Bertz CT molecular complexity index is 514. The van der Waals surface area contributed by atoms with Crippen molar-refractivity contribution in [3.8, 4) is 5.75 Å². The third kappa shape index (κ3) is 3.40. The Morgan fingerprint density at radius 3 is 2.70 bits per heavy atom. The molecule has 1 aromatic rings. The van der Waals surface area contributed by atoms with Gasteiger partial charge in [0.2, 0.25) is 0 Å². The van der Waals surface area contributed by atoms with Crippen LogP contribution in [0.5, 0.6) is 5.75 Å². The summed E-state index contributed by atoms with van der Waals surface area (Å²) in [5.74, 6) is -0.473. The van der Waals surface area contributed by atoms with Crippen LogP contribution in [0.15, 0.2) is 23.4 Å². The Hall–Kier alpha value is -2.24. The molecule has 1 atom stereocenters. The summed E-state index contributed by atoms with van der Waals surface area (Å²) in [6.45, 7) is 6.13. The van der Waals surface area contributed by atoms with E-state index in [4.69, 9.17) is 10.9 Å². The number of nitrogens with two attached hydrogens (primary N) is 1. The first-order valence-corrected chi connectivity index (χ1v) is 6.47. The minimum atomic E-state index is -0.272. The highest BCUT2D eigenvalue weighted by Crippen LogP contribution is 2.23. The van der Waals surface area contributed by atoms with Gasteiger partial charge in [0, 0.05) is 19.0 Å². The molecule has 0 aliphatic heterocycles. The molecule has 1 unspecified atom stereocenters. The molecule has 0 saturated heterocycles. The van der Waals surface area contributed by atoms with E-state index in [1.807, 2.05) is 6.92 Å². The number of para-hydroxylation sites is 1. The average Bonchev–Trinajstić information content (AvgIpc) is 2.45. The largest absolute Gasteiger partial charge is 0.507 e. The number of hydrogen-bond donors (Lipinski definition) is 3. The first-order chi connectivity index (χ1) is 9.42. The van der Waals surface area contributed by atoms with Gasteiger partial charge in [0.25, 0.3) is 5.91 Å². The van der Waals surface area contributed by atoms with E-state index in [0.29, 0.717) is 18.7 Å². The van der Waals surface area contributed by atoms with Crippen LogP contribution in [0.2, 0.25) is 0 Å². The van der Waals surface area contributed by atoms with E-state index in [9.17, 15) is 9.90 Å². The quantitative estimate of drug-likeness (QED) is 0.329. The average molecular weight is 279 g/mol. The van der Waals surface area contributed by atoms with Crippen LogP contribution in [0.4, 0.5) is 0 Å². The molecule has 0 aromatic heterocycles. The molecule has 1 amide bonds. The third-order valence-electron chi connectivity index (χ3n) is 3.25. The molecular formula is C14H21N3O3. The second-order valence-corrected chi connectivity index (χ2v) is 4.74. The minimum absolute atomic E-state index is 0.00704. The van der Waals surface area contributed by atoms with Gasteiger partial charge >= 0.3 is 0 Å². The summed E-state index contributed by atoms with van der Waals surface area (Å²) in [5, 5.41) is 21.6. The zero-order chi connectivity index (χ0) is 15.3. The third-order valence-corrected chi connectivity index (χ3v) is 3.25. The number of carbonyl (C=O) groups excluding carboxylic acids is 1. The maximum Gasteiger partial charge on any atom is 0.257 e. The number of phenols is 1. The van der Waals surface area contributed by atoms with E-state index in [1.165, 1.54) is 0 Å². The maximum atomic E-state index is 12.4. The first-order valence-electron chi connectivity index (χ1n) is 6.47.